The Kier molecular flexibility index (Phi) is 10.6. The second kappa shape index (κ2) is 14.2. The van der Waals surface area contributed by atoms with Crippen LogP contribution in [0.4, 0.5) is 34.3 Å². The molecule has 44 heavy (non-hydrogen) atoms. The highest BCUT2D eigenvalue weighted by atomic mass is 127. The number of aliphatic carboxylic acids is 1. The number of rotatable bonds is 11. The molecule has 0 bridgehead atoms. The number of nitrogens with one attached hydrogen (secondary N) is 1. The first-order valence-corrected chi connectivity index (χ1v) is 16.8. The van der Waals surface area contributed by atoms with Crippen molar-refractivity contribution in [2.24, 2.45) is 0 Å². The van der Waals surface area contributed by atoms with Gasteiger partial charge in [-0.3, -0.25) is 4.90 Å². The van der Waals surface area contributed by atoms with Gasteiger partial charge in [-0.1, -0.05) is 40.9 Å². The summed E-state index contributed by atoms with van der Waals surface area (Å²) in [5, 5.41) is 12.1. The van der Waals surface area contributed by atoms with Crippen molar-refractivity contribution < 1.29 is 32.2 Å². The van der Waals surface area contributed by atoms with Crippen LogP contribution in [0.5, 0.6) is 0 Å². The number of piperidine rings is 1. The molecule has 2 fully saturated rings. The number of nitrogens with zero attached hydrogens (tertiary/aromatic N) is 5. The zero-order valence-electron chi connectivity index (χ0n) is 24.0. The Morgan fingerprint density at radius 3 is 2.64 bits per heavy atom. The van der Waals surface area contributed by atoms with Crippen LogP contribution < -0.4 is 10.2 Å². The fourth-order valence-corrected chi connectivity index (χ4v) is 7.20. The van der Waals surface area contributed by atoms with E-state index in [-0.39, 0.29) is 24.3 Å². The molecule has 0 amide bonds. The van der Waals surface area contributed by atoms with Crippen molar-refractivity contribution >= 4 is 56.7 Å². The highest BCUT2D eigenvalue weighted by Crippen LogP contribution is 2.39. The molecular formula is C29H33F4IN6O3S. The number of hydrogen-bond acceptors (Lipinski definition) is 9. The molecule has 4 heterocycles. The Balaban J connectivity index is 1.43. The lowest BCUT2D eigenvalue weighted by Gasteiger charge is -2.32. The molecule has 9 nitrogen and oxygen atoms in total. The van der Waals surface area contributed by atoms with Crippen molar-refractivity contribution in [3.8, 4) is 11.3 Å². The summed E-state index contributed by atoms with van der Waals surface area (Å²) in [6, 6.07) is 4.41. The lowest BCUT2D eigenvalue weighted by molar-refractivity contribution is -0.144. The molecule has 2 aliphatic heterocycles. The molecule has 1 atom stereocenters. The first kappa shape index (κ1) is 32.8. The summed E-state index contributed by atoms with van der Waals surface area (Å²) in [7, 11) is 0. The maximum absolute atomic E-state index is 15.7. The minimum atomic E-state index is -4.51. The maximum Gasteiger partial charge on any atom is 0.416 e. The van der Waals surface area contributed by atoms with Crippen LogP contribution in [0, 0.1) is 5.82 Å². The van der Waals surface area contributed by atoms with E-state index in [0.717, 1.165) is 42.8 Å². The Bertz CT molecular complexity index is 1470. The first-order chi connectivity index (χ1) is 21.0. The Hall–Kier alpha value is -2.63. The smallest absolute Gasteiger partial charge is 0.416 e. The fourth-order valence-electron chi connectivity index (χ4n) is 5.75. The van der Waals surface area contributed by atoms with Crippen molar-refractivity contribution in [1.29, 1.82) is 0 Å². The molecule has 3 aromatic rings. The first-order valence-electron chi connectivity index (χ1n) is 14.4. The van der Waals surface area contributed by atoms with E-state index in [0.29, 0.717) is 64.9 Å². The predicted molar refractivity (Wildman–Crippen MR) is 168 cm³/mol. The summed E-state index contributed by atoms with van der Waals surface area (Å²) in [5.74, 6) is -1.70. The number of carboxylic acids is 1. The lowest BCUT2D eigenvalue weighted by Crippen LogP contribution is -2.38. The fraction of sp³-hybridized carbons (Fsp3) is 0.517. The third kappa shape index (κ3) is 7.77. The lowest BCUT2D eigenvalue weighted by atomic mass is 10.0. The summed E-state index contributed by atoms with van der Waals surface area (Å²) in [6.45, 7) is 4.01. The molecule has 15 heteroatoms. The number of likely N-dealkylation sites (tertiary alicyclic amines) is 1. The molecule has 0 radical (unpaired) electrons. The third-order valence-electron chi connectivity index (χ3n) is 7.94. The second-order valence-electron chi connectivity index (χ2n) is 10.9. The van der Waals surface area contributed by atoms with Gasteiger partial charge in [0.2, 0.25) is 5.82 Å². The van der Waals surface area contributed by atoms with Crippen molar-refractivity contribution in [2.75, 3.05) is 36.5 Å². The summed E-state index contributed by atoms with van der Waals surface area (Å²) in [4.78, 5) is 28.6. The monoisotopic (exact) mass is 748 g/mol. The van der Waals surface area contributed by atoms with E-state index in [2.05, 4.69) is 27.1 Å². The second-order valence-corrected chi connectivity index (χ2v) is 12.7. The molecule has 2 saturated heterocycles. The molecule has 2 N–H and O–H groups in total. The van der Waals surface area contributed by atoms with Gasteiger partial charge in [0.1, 0.15) is 12.9 Å². The van der Waals surface area contributed by atoms with E-state index < -0.39 is 23.5 Å². The minimum Gasteiger partial charge on any atom is -0.480 e. The maximum atomic E-state index is 15.7. The molecule has 2 aromatic heterocycles. The van der Waals surface area contributed by atoms with Gasteiger partial charge in [0.05, 0.1) is 17.4 Å². The number of alkyl halides is 4. The number of anilines is 3. The summed E-state index contributed by atoms with van der Waals surface area (Å²) >= 11 is 3.33. The van der Waals surface area contributed by atoms with E-state index in [1.54, 1.807) is 11.0 Å². The van der Waals surface area contributed by atoms with Gasteiger partial charge < -0.3 is 20.1 Å². The van der Waals surface area contributed by atoms with Gasteiger partial charge in [-0.15, -0.1) is 0 Å². The average Bonchev–Trinajstić information content (AvgIpc) is 3.63. The number of aromatic nitrogens is 3. The normalized spacial score (nSPS) is 18.2. The van der Waals surface area contributed by atoms with E-state index in [4.69, 9.17) is 14.8 Å². The van der Waals surface area contributed by atoms with Crippen LogP contribution in [0.1, 0.15) is 55.0 Å². The van der Waals surface area contributed by atoms with Crippen LogP contribution >= 0.6 is 33.9 Å². The van der Waals surface area contributed by atoms with Gasteiger partial charge >= 0.3 is 12.1 Å². The molecule has 1 aromatic carbocycles. The number of halogens is 5. The van der Waals surface area contributed by atoms with Gasteiger partial charge in [-0.05, 0) is 62.4 Å². The zero-order chi connectivity index (χ0) is 31.4. The van der Waals surface area contributed by atoms with Crippen LogP contribution in [0.25, 0.3) is 11.3 Å². The largest absolute Gasteiger partial charge is 0.480 e. The number of thiazole rings is 1. The van der Waals surface area contributed by atoms with E-state index >= 15 is 4.39 Å². The third-order valence-corrected chi connectivity index (χ3v) is 9.78. The Morgan fingerprint density at radius 1 is 1.18 bits per heavy atom. The quantitative estimate of drug-likeness (QED) is 0.124. The van der Waals surface area contributed by atoms with Crippen LogP contribution in [-0.2, 0) is 26.7 Å². The standard InChI is InChI=1S/C29H33F4IN6O3S/c1-2-20-4-3-7-40(20)14-22-25(18-10-17(13-34)11-19(12-18)29(31,32)33)37-28(44-22)38-26-24(30)27(36-16-35-26)39-8-5-21(6-9-39)43-15-23(41)42/h10-12,16,20-21H,2-9,13-15H2,1H3,(H,41,42)(H,35,36,37,38)/t20-/m1/s1. The summed E-state index contributed by atoms with van der Waals surface area (Å²) < 4.78 is 63.0. The van der Waals surface area contributed by atoms with Crippen molar-refractivity contribution in [3.05, 3.63) is 46.3 Å². The summed E-state index contributed by atoms with van der Waals surface area (Å²) in [5.41, 5.74) is 0.621. The molecule has 0 unspecified atom stereocenters. The van der Waals surface area contributed by atoms with Gasteiger partial charge in [-0.2, -0.15) is 17.6 Å². The molecular weight excluding hydrogens is 715 g/mol. The van der Waals surface area contributed by atoms with E-state index in [9.17, 15) is 18.0 Å². The van der Waals surface area contributed by atoms with E-state index in [1.165, 1.54) is 17.7 Å². The van der Waals surface area contributed by atoms with Crippen LogP contribution in [0.15, 0.2) is 24.5 Å². The van der Waals surface area contributed by atoms with Crippen LogP contribution in [0.3, 0.4) is 0 Å². The molecule has 5 rings (SSSR count). The Morgan fingerprint density at radius 2 is 1.95 bits per heavy atom. The van der Waals surface area contributed by atoms with Crippen molar-refractivity contribution in [3.63, 3.8) is 0 Å². The Labute approximate surface area is 270 Å². The zero-order valence-corrected chi connectivity index (χ0v) is 27.0. The minimum absolute atomic E-state index is 0.0873. The number of carbonyl (C=O) groups is 1. The number of ether oxygens (including phenoxy) is 1. The number of carboxylic acid groups (broad SMARTS) is 1. The van der Waals surface area contributed by atoms with Crippen LogP contribution in [-0.4, -0.2) is 69.3 Å². The summed E-state index contributed by atoms with van der Waals surface area (Å²) in [6.07, 6.45) is 0.637. The van der Waals surface area contributed by atoms with Crippen molar-refractivity contribution in [2.45, 2.75) is 68.3 Å². The SMILES string of the molecule is CC[C@@H]1CCCN1Cc1sc(Nc2ncnc(N3CCC(OCC(=O)O)CC3)c2F)nc1-c1cc(CI)cc(C(F)(F)F)c1. The molecule has 0 saturated carbocycles. The number of benzene rings is 1. The predicted octanol–water partition coefficient (Wildman–Crippen LogP) is 6.88. The molecule has 2 aliphatic rings. The van der Waals surface area contributed by atoms with Gasteiger partial charge in [-0.25, -0.2) is 19.7 Å². The van der Waals surface area contributed by atoms with E-state index in [1.807, 2.05) is 22.6 Å². The number of hydrogen-bond donors (Lipinski definition) is 2. The van der Waals surface area contributed by atoms with Gasteiger partial charge in [0.25, 0.3) is 0 Å². The molecule has 0 aliphatic carbocycles. The van der Waals surface area contributed by atoms with Gasteiger partial charge in [0.15, 0.2) is 16.8 Å². The topological polar surface area (TPSA) is 104 Å². The van der Waals surface area contributed by atoms with Crippen molar-refractivity contribution in [1.82, 2.24) is 19.9 Å². The highest BCUT2D eigenvalue weighted by molar-refractivity contribution is 14.1. The molecule has 0 spiro atoms. The van der Waals surface area contributed by atoms with Gasteiger partial charge in [0, 0.05) is 40.5 Å². The molecule has 238 valence electrons. The average molecular weight is 749 g/mol. The highest BCUT2D eigenvalue weighted by Gasteiger charge is 2.32. The van der Waals surface area contributed by atoms with Crippen LogP contribution in [0.2, 0.25) is 0 Å².